The summed E-state index contributed by atoms with van der Waals surface area (Å²) >= 11 is 1.63. The lowest BCUT2D eigenvalue weighted by Gasteiger charge is -2.10. The first kappa shape index (κ1) is 15.5. The Morgan fingerprint density at radius 1 is 1.00 bits per heavy atom. The van der Waals surface area contributed by atoms with Crippen molar-refractivity contribution in [1.82, 2.24) is 20.2 Å². The summed E-state index contributed by atoms with van der Waals surface area (Å²) in [6.07, 6.45) is 4.24. The summed E-state index contributed by atoms with van der Waals surface area (Å²) in [5.41, 5.74) is 4.59. The molecule has 0 aliphatic heterocycles. The van der Waals surface area contributed by atoms with E-state index in [0.29, 0.717) is 0 Å². The zero-order valence-corrected chi connectivity index (χ0v) is 14.0. The second-order valence-electron chi connectivity index (χ2n) is 5.24. The number of rotatable bonds is 5. The van der Waals surface area contributed by atoms with Crippen LogP contribution in [0, 0.1) is 13.8 Å². The Bertz CT molecular complexity index is 789. The number of aryl methyl sites for hydroxylation is 2. The summed E-state index contributed by atoms with van der Waals surface area (Å²) < 4.78 is 1.83. The molecule has 0 bridgehead atoms. The molecule has 0 radical (unpaired) electrons. The molecular weight excluding hydrogens is 304 g/mol. The number of hydrogen-bond acceptors (Lipinski definition) is 4. The van der Waals surface area contributed by atoms with E-state index in [2.05, 4.69) is 65.8 Å². The first-order chi connectivity index (χ1) is 11.3. The molecule has 1 aromatic heterocycles. The molecule has 0 atom stereocenters. The highest BCUT2D eigenvalue weighted by Gasteiger charge is 2.12. The standard InChI is InChI=1S/C18H18N4S/c1-14-8-6-9-15(2)17(14)22-18(19-20-21-22)23-13-7-12-16-10-4-3-5-11-16/h3-12H,13H2,1-2H3/b12-7+. The molecule has 0 saturated heterocycles. The first-order valence-corrected chi connectivity index (χ1v) is 8.43. The van der Waals surface area contributed by atoms with E-state index in [1.54, 1.807) is 11.8 Å². The van der Waals surface area contributed by atoms with Crippen LogP contribution in [0.2, 0.25) is 0 Å². The number of thioether (sulfide) groups is 1. The predicted molar refractivity (Wildman–Crippen MR) is 94.8 cm³/mol. The predicted octanol–water partition coefficient (Wildman–Crippen LogP) is 4.08. The summed E-state index contributed by atoms with van der Waals surface area (Å²) in [6.45, 7) is 4.15. The van der Waals surface area contributed by atoms with Crippen molar-refractivity contribution in [2.24, 2.45) is 0 Å². The molecule has 0 aliphatic carbocycles. The molecular formula is C18H18N4S. The summed E-state index contributed by atoms with van der Waals surface area (Å²) in [5, 5.41) is 12.9. The van der Waals surface area contributed by atoms with Gasteiger partial charge in [-0.3, -0.25) is 0 Å². The molecule has 5 heteroatoms. The fraction of sp³-hybridized carbons (Fsp3) is 0.167. The van der Waals surface area contributed by atoms with Crippen LogP contribution in [0.5, 0.6) is 0 Å². The Hall–Kier alpha value is -2.40. The number of para-hydroxylation sites is 1. The van der Waals surface area contributed by atoms with E-state index in [1.165, 1.54) is 16.7 Å². The number of benzene rings is 2. The van der Waals surface area contributed by atoms with Crippen LogP contribution < -0.4 is 0 Å². The van der Waals surface area contributed by atoms with Gasteiger partial charge in [-0.25, -0.2) is 0 Å². The third-order valence-electron chi connectivity index (χ3n) is 3.51. The SMILES string of the molecule is Cc1cccc(C)c1-n1nnnc1SC/C=C/c1ccccc1. The van der Waals surface area contributed by atoms with Gasteiger partial charge in [0.2, 0.25) is 5.16 Å². The molecule has 116 valence electrons. The molecule has 0 saturated carbocycles. The van der Waals surface area contributed by atoms with E-state index < -0.39 is 0 Å². The number of hydrogen-bond donors (Lipinski definition) is 0. The van der Waals surface area contributed by atoms with Crippen LogP contribution in [0.3, 0.4) is 0 Å². The van der Waals surface area contributed by atoms with E-state index >= 15 is 0 Å². The maximum Gasteiger partial charge on any atom is 0.214 e. The normalized spacial score (nSPS) is 11.2. The Kier molecular flexibility index (Phi) is 4.88. The fourth-order valence-electron chi connectivity index (χ4n) is 2.42. The van der Waals surface area contributed by atoms with Crippen LogP contribution in [0.25, 0.3) is 11.8 Å². The van der Waals surface area contributed by atoms with Gasteiger partial charge >= 0.3 is 0 Å². The lowest BCUT2D eigenvalue weighted by Crippen LogP contribution is -2.04. The van der Waals surface area contributed by atoms with Crippen molar-refractivity contribution in [2.45, 2.75) is 19.0 Å². The zero-order valence-electron chi connectivity index (χ0n) is 13.2. The van der Waals surface area contributed by atoms with Crippen molar-refractivity contribution in [2.75, 3.05) is 5.75 Å². The van der Waals surface area contributed by atoms with E-state index in [0.717, 1.165) is 16.6 Å². The molecule has 0 spiro atoms. The fourth-order valence-corrected chi connectivity index (χ4v) is 3.11. The topological polar surface area (TPSA) is 43.6 Å². The monoisotopic (exact) mass is 322 g/mol. The van der Waals surface area contributed by atoms with Crippen LogP contribution in [-0.4, -0.2) is 26.0 Å². The Morgan fingerprint density at radius 2 is 1.74 bits per heavy atom. The van der Waals surface area contributed by atoms with Crippen LogP contribution in [-0.2, 0) is 0 Å². The summed E-state index contributed by atoms with van der Waals surface area (Å²) in [7, 11) is 0. The maximum atomic E-state index is 4.16. The lowest BCUT2D eigenvalue weighted by atomic mass is 10.1. The Balaban J connectivity index is 1.73. The van der Waals surface area contributed by atoms with Gasteiger partial charge in [-0.15, -0.1) is 5.10 Å². The minimum Gasteiger partial charge on any atom is -0.187 e. The maximum absolute atomic E-state index is 4.16. The smallest absolute Gasteiger partial charge is 0.187 e. The molecule has 3 rings (SSSR count). The number of tetrazole rings is 1. The van der Waals surface area contributed by atoms with E-state index in [4.69, 9.17) is 0 Å². The van der Waals surface area contributed by atoms with Gasteiger partial charge in [0.25, 0.3) is 0 Å². The lowest BCUT2D eigenvalue weighted by molar-refractivity contribution is 0.747. The van der Waals surface area contributed by atoms with Gasteiger partial charge in [-0.2, -0.15) is 4.68 Å². The molecule has 0 amide bonds. The zero-order chi connectivity index (χ0) is 16.1. The van der Waals surface area contributed by atoms with E-state index in [-0.39, 0.29) is 0 Å². The van der Waals surface area contributed by atoms with Gasteiger partial charge in [0.1, 0.15) is 0 Å². The summed E-state index contributed by atoms with van der Waals surface area (Å²) in [5.74, 6) is 0.820. The second-order valence-corrected chi connectivity index (χ2v) is 6.22. The largest absolute Gasteiger partial charge is 0.214 e. The molecule has 23 heavy (non-hydrogen) atoms. The van der Waals surface area contributed by atoms with Crippen molar-refractivity contribution in [1.29, 1.82) is 0 Å². The van der Waals surface area contributed by atoms with Crippen LogP contribution in [0.1, 0.15) is 16.7 Å². The molecule has 3 aromatic rings. The summed E-state index contributed by atoms with van der Waals surface area (Å²) in [6, 6.07) is 16.5. The third kappa shape index (κ3) is 3.68. The van der Waals surface area contributed by atoms with E-state index in [9.17, 15) is 0 Å². The second kappa shape index (κ2) is 7.24. The van der Waals surface area contributed by atoms with E-state index in [1.807, 2.05) is 28.9 Å². The molecule has 1 heterocycles. The molecule has 0 unspecified atom stereocenters. The Morgan fingerprint density at radius 3 is 2.48 bits per heavy atom. The summed E-state index contributed by atoms with van der Waals surface area (Å²) in [4.78, 5) is 0. The minimum atomic E-state index is 0.806. The highest BCUT2D eigenvalue weighted by atomic mass is 32.2. The van der Waals surface area contributed by atoms with Gasteiger partial charge in [0.05, 0.1) is 5.69 Å². The van der Waals surface area contributed by atoms with Gasteiger partial charge < -0.3 is 0 Å². The van der Waals surface area contributed by atoms with Gasteiger partial charge in [0.15, 0.2) is 0 Å². The quantitative estimate of drug-likeness (QED) is 0.664. The van der Waals surface area contributed by atoms with Crippen molar-refractivity contribution in [3.63, 3.8) is 0 Å². The molecule has 2 aromatic carbocycles. The van der Waals surface area contributed by atoms with Gasteiger partial charge in [0, 0.05) is 5.75 Å². The average molecular weight is 322 g/mol. The molecule has 0 N–H and O–H groups in total. The minimum absolute atomic E-state index is 0.806. The number of nitrogens with zero attached hydrogens (tertiary/aromatic N) is 4. The van der Waals surface area contributed by atoms with Crippen molar-refractivity contribution < 1.29 is 0 Å². The van der Waals surface area contributed by atoms with Crippen molar-refractivity contribution in [3.05, 3.63) is 71.3 Å². The first-order valence-electron chi connectivity index (χ1n) is 7.45. The van der Waals surface area contributed by atoms with Crippen LogP contribution >= 0.6 is 11.8 Å². The van der Waals surface area contributed by atoms with Gasteiger partial charge in [-0.1, -0.05) is 72.4 Å². The third-order valence-corrected chi connectivity index (χ3v) is 4.38. The highest BCUT2D eigenvalue weighted by molar-refractivity contribution is 7.99. The van der Waals surface area contributed by atoms with Crippen molar-refractivity contribution >= 4 is 17.8 Å². The number of aromatic nitrogens is 4. The average Bonchev–Trinajstić information content (AvgIpc) is 3.01. The Labute approximate surface area is 140 Å². The van der Waals surface area contributed by atoms with Crippen molar-refractivity contribution in [3.8, 4) is 5.69 Å². The molecule has 0 aliphatic rings. The van der Waals surface area contributed by atoms with Crippen LogP contribution in [0.4, 0.5) is 0 Å². The molecule has 0 fully saturated rings. The van der Waals surface area contributed by atoms with Crippen LogP contribution in [0.15, 0.2) is 59.8 Å². The van der Waals surface area contributed by atoms with Gasteiger partial charge in [-0.05, 0) is 41.0 Å². The highest BCUT2D eigenvalue weighted by Crippen LogP contribution is 2.23. The molecule has 4 nitrogen and oxygen atoms in total.